The molecule has 1 atom stereocenters. The van der Waals surface area contributed by atoms with E-state index in [1.165, 1.54) is 0 Å². The van der Waals surface area contributed by atoms with E-state index in [2.05, 4.69) is 4.72 Å². The highest BCUT2D eigenvalue weighted by Gasteiger charge is 2.34. The standard InChI is InChI=1S/C11H22ClNO3S/c1-10(6-12)7-17(15,16)13-8-11(9-14)4-2-3-5-11/h10,13-14H,2-9H2,1H3. The lowest BCUT2D eigenvalue weighted by molar-refractivity contribution is 0.134. The second-order valence-corrected chi connectivity index (χ2v) is 7.39. The molecule has 0 saturated heterocycles. The average molecular weight is 284 g/mol. The SMILES string of the molecule is CC(CCl)CS(=O)(=O)NCC1(CO)CCCC1. The van der Waals surface area contributed by atoms with Crippen molar-refractivity contribution < 1.29 is 13.5 Å². The minimum atomic E-state index is -3.27. The van der Waals surface area contributed by atoms with Gasteiger partial charge in [-0.1, -0.05) is 19.8 Å². The van der Waals surface area contributed by atoms with Crippen molar-refractivity contribution in [1.29, 1.82) is 0 Å². The van der Waals surface area contributed by atoms with Crippen LogP contribution in [0.4, 0.5) is 0 Å². The lowest BCUT2D eigenvalue weighted by Crippen LogP contribution is -2.40. The number of halogens is 1. The van der Waals surface area contributed by atoms with E-state index >= 15 is 0 Å². The predicted octanol–water partition coefficient (Wildman–Crippen LogP) is 1.33. The molecular weight excluding hydrogens is 262 g/mol. The number of rotatable bonds is 7. The summed E-state index contributed by atoms with van der Waals surface area (Å²) < 4.78 is 26.1. The second kappa shape index (κ2) is 6.36. The van der Waals surface area contributed by atoms with Crippen LogP contribution in [0.3, 0.4) is 0 Å². The average Bonchev–Trinajstić information content (AvgIpc) is 2.75. The van der Waals surface area contributed by atoms with Crippen molar-refractivity contribution in [3.8, 4) is 0 Å². The molecule has 0 aromatic carbocycles. The van der Waals surface area contributed by atoms with Crippen LogP contribution in [0.15, 0.2) is 0 Å². The Bertz CT molecular complexity index is 326. The van der Waals surface area contributed by atoms with Gasteiger partial charge in [0.2, 0.25) is 10.0 Å². The monoisotopic (exact) mass is 283 g/mol. The van der Waals surface area contributed by atoms with E-state index in [-0.39, 0.29) is 23.7 Å². The molecule has 0 aliphatic heterocycles. The normalized spacial score (nSPS) is 21.6. The maximum Gasteiger partial charge on any atom is 0.211 e. The van der Waals surface area contributed by atoms with Crippen LogP contribution >= 0.6 is 11.6 Å². The zero-order chi connectivity index (χ0) is 12.9. The molecule has 1 unspecified atom stereocenters. The fraction of sp³-hybridized carbons (Fsp3) is 1.00. The van der Waals surface area contributed by atoms with Gasteiger partial charge in [0.15, 0.2) is 0 Å². The molecule has 17 heavy (non-hydrogen) atoms. The number of hydrogen-bond acceptors (Lipinski definition) is 3. The molecule has 1 aliphatic carbocycles. The first-order valence-corrected chi connectivity index (χ1v) is 8.26. The summed E-state index contributed by atoms with van der Waals surface area (Å²) in [4.78, 5) is 0. The van der Waals surface area contributed by atoms with E-state index in [1.54, 1.807) is 0 Å². The van der Waals surface area contributed by atoms with Crippen LogP contribution in [-0.2, 0) is 10.0 Å². The molecule has 0 heterocycles. The van der Waals surface area contributed by atoms with E-state index < -0.39 is 10.0 Å². The molecule has 0 bridgehead atoms. The largest absolute Gasteiger partial charge is 0.396 e. The molecule has 1 fully saturated rings. The number of aliphatic hydroxyl groups is 1. The van der Waals surface area contributed by atoms with Crippen molar-refractivity contribution >= 4 is 21.6 Å². The van der Waals surface area contributed by atoms with Gasteiger partial charge in [-0.05, 0) is 18.8 Å². The van der Waals surface area contributed by atoms with Crippen molar-refractivity contribution in [1.82, 2.24) is 4.72 Å². The Morgan fingerprint density at radius 2 is 2.00 bits per heavy atom. The van der Waals surface area contributed by atoms with Gasteiger partial charge in [-0.15, -0.1) is 11.6 Å². The number of alkyl halides is 1. The van der Waals surface area contributed by atoms with E-state index in [1.807, 2.05) is 6.92 Å². The topological polar surface area (TPSA) is 66.4 Å². The summed E-state index contributed by atoms with van der Waals surface area (Å²) in [7, 11) is -3.27. The van der Waals surface area contributed by atoms with Crippen LogP contribution < -0.4 is 4.72 Å². The first-order valence-electron chi connectivity index (χ1n) is 6.07. The smallest absolute Gasteiger partial charge is 0.211 e. The Kier molecular flexibility index (Phi) is 5.70. The van der Waals surface area contributed by atoms with Gasteiger partial charge in [-0.25, -0.2) is 13.1 Å². The zero-order valence-electron chi connectivity index (χ0n) is 10.3. The summed E-state index contributed by atoms with van der Waals surface area (Å²) in [6.45, 7) is 2.21. The van der Waals surface area contributed by atoms with Gasteiger partial charge in [0.1, 0.15) is 0 Å². The summed E-state index contributed by atoms with van der Waals surface area (Å²) in [6, 6.07) is 0. The van der Waals surface area contributed by atoms with Gasteiger partial charge in [-0.2, -0.15) is 0 Å². The molecule has 0 amide bonds. The number of aliphatic hydroxyl groups excluding tert-OH is 1. The van der Waals surface area contributed by atoms with Crippen molar-refractivity contribution in [2.75, 3.05) is 24.8 Å². The van der Waals surface area contributed by atoms with E-state index in [4.69, 9.17) is 11.6 Å². The van der Waals surface area contributed by atoms with Crippen LogP contribution in [0.1, 0.15) is 32.6 Å². The second-order valence-electron chi connectivity index (χ2n) is 5.23. The summed E-state index contributed by atoms with van der Waals surface area (Å²) in [5.74, 6) is 0.340. The van der Waals surface area contributed by atoms with Gasteiger partial charge >= 0.3 is 0 Å². The molecule has 0 radical (unpaired) electrons. The lowest BCUT2D eigenvalue weighted by Gasteiger charge is -2.26. The van der Waals surface area contributed by atoms with Crippen LogP contribution in [0.25, 0.3) is 0 Å². The first-order chi connectivity index (χ1) is 7.93. The Labute approximate surface area is 109 Å². The van der Waals surface area contributed by atoms with Gasteiger partial charge in [0.25, 0.3) is 0 Å². The Morgan fingerprint density at radius 3 is 2.47 bits per heavy atom. The summed E-state index contributed by atoms with van der Waals surface area (Å²) in [5.41, 5.74) is -0.239. The molecule has 4 nitrogen and oxygen atoms in total. The van der Waals surface area contributed by atoms with Crippen LogP contribution in [0, 0.1) is 11.3 Å². The minimum absolute atomic E-state index is 0.0529. The van der Waals surface area contributed by atoms with E-state index in [0.29, 0.717) is 12.4 Å². The van der Waals surface area contributed by atoms with Gasteiger partial charge < -0.3 is 5.11 Å². The van der Waals surface area contributed by atoms with Crippen molar-refractivity contribution in [2.24, 2.45) is 11.3 Å². The van der Waals surface area contributed by atoms with Crippen LogP contribution in [-0.4, -0.2) is 38.3 Å². The molecule has 1 saturated carbocycles. The van der Waals surface area contributed by atoms with Crippen molar-refractivity contribution in [3.63, 3.8) is 0 Å². The molecule has 0 spiro atoms. The third-order valence-electron chi connectivity index (χ3n) is 3.43. The maximum absolute atomic E-state index is 11.8. The molecule has 1 rings (SSSR count). The molecule has 1 aliphatic rings. The first kappa shape index (κ1) is 15.2. The minimum Gasteiger partial charge on any atom is -0.396 e. The molecule has 0 aromatic heterocycles. The van der Waals surface area contributed by atoms with Crippen LogP contribution in [0.5, 0.6) is 0 Å². The number of nitrogens with one attached hydrogen (secondary N) is 1. The number of hydrogen-bond donors (Lipinski definition) is 2. The summed E-state index contributed by atoms with van der Waals surface area (Å²) in [5, 5.41) is 9.39. The molecule has 6 heteroatoms. The fourth-order valence-corrected chi connectivity index (χ4v) is 4.01. The quantitative estimate of drug-likeness (QED) is 0.693. The Hall–Kier alpha value is 0.160. The molecule has 102 valence electrons. The molecule has 0 aromatic rings. The third kappa shape index (κ3) is 4.73. The van der Waals surface area contributed by atoms with Gasteiger partial charge in [-0.3, -0.25) is 0 Å². The summed E-state index contributed by atoms with van der Waals surface area (Å²) in [6.07, 6.45) is 3.94. The Balaban J connectivity index is 2.48. The van der Waals surface area contributed by atoms with E-state index in [9.17, 15) is 13.5 Å². The number of sulfonamides is 1. The highest BCUT2D eigenvalue weighted by atomic mass is 35.5. The van der Waals surface area contributed by atoms with Crippen molar-refractivity contribution in [3.05, 3.63) is 0 Å². The zero-order valence-corrected chi connectivity index (χ0v) is 11.9. The molecular formula is C11H22ClNO3S. The summed E-state index contributed by atoms with van der Waals surface area (Å²) >= 11 is 5.61. The predicted molar refractivity (Wildman–Crippen MR) is 69.7 cm³/mol. The third-order valence-corrected chi connectivity index (χ3v) is 5.55. The van der Waals surface area contributed by atoms with Gasteiger partial charge in [0.05, 0.1) is 5.75 Å². The lowest BCUT2D eigenvalue weighted by atomic mass is 9.88. The highest BCUT2D eigenvalue weighted by molar-refractivity contribution is 7.89. The van der Waals surface area contributed by atoms with Gasteiger partial charge in [0, 0.05) is 24.4 Å². The fourth-order valence-electron chi connectivity index (χ4n) is 2.26. The maximum atomic E-state index is 11.8. The van der Waals surface area contributed by atoms with Crippen molar-refractivity contribution in [2.45, 2.75) is 32.6 Å². The highest BCUT2D eigenvalue weighted by Crippen LogP contribution is 2.37. The van der Waals surface area contributed by atoms with E-state index in [0.717, 1.165) is 25.7 Å². The molecule has 2 N–H and O–H groups in total. The van der Waals surface area contributed by atoms with Crippen LogP contribution in [0.2, 0.25) is 0 Å². The Morgan fingerprint density at radius 1 is 1.41 bits per heavy atom.